The highest BCUT2D eigenvalue weighted by Gasteiger charge is 2.19. The molecule has 4 rings (SSSR count). The van der Waals surface area contributed by atoms with E-state index in [0.717, 1.165) is 16.7 Å². The molecule has 3 aromatic carbocycles. The van der Waals surface area contributed by atoms with Gasteiger partial charge in [0.15, 0.2) is 0 Å². The third-order valence-electron chi connectivity index (χ3n) is 4.92. The van der Waals surface area contributed by atoms with Crippen molar-refractivity contribution in [1.29, 1.82) is 0 Å². The number of nitrogens with one attached hydrogen (secondary N) is 1. The molecule has 1 N–H and O–H groups in total. The van der Waals surface area contributed by atoms with Crippen molar-refractivity contribution in [2.24, 2.45) is 0 Å². The third kappa shape index (κ3) is 4.23. The van der Waals surface area contributed by atoms with Crippen LogP contribution in [-0.2, 0) is 6.54 Å². The number of nitro groups is 1. The molecule has 0 unspecified atom stereocenters. The molecule has 0 bridgehead atoms. The van der Waals surface area contributed by atoms with E-state index in [2.05, 4.69) is 15.5 Å². The van der Waals surface area contributed by atoms with Gasteiger partial charge in [0.25, 0.3) is 11.6 Å². The summed E-state index contributed by atoms with van der Waals surface area (Å²) in [5, 5.41) is 18.8. The normalized spacial score (nSPS) is 10.6. The second kappa shape index (κ2) is 8.66. The predicted octanol–water partition coefficient (Wildman–Crippen LogP) is 5.24. The minimum absolute atomic E-state index is 0.0805. The van der Waals surface area contributed by atoms with Crippen LogP contribution < -0.4 is 10.1 Å². The molecule has 0 fully saturated rings. The maximum absolute atomic E-state index is 11.7. The van der Waals surface area contributed by atoms with E-state index >= 15 is 0 Å². The number of nitrogens with zero attached hydrogens (tertiary/aromatic N) is 3. The van der Waals surface area contributed by atoms with E-state index in [1.54, 1.807) is 19.2 Å². The summed E-state index contributed by atoms with van der Waals surface area (Å²) < 4.78 is 10.7. The maximum atomic E-state index is 11.7. The molecule has 156 valence electrons. The summed E-state index contributed by atoms with van der Waals surface area (Å²) in [6.07, 6.45) is 0. The van der Waals surface area contributed by atoms with Gasteiger partial charge in [-0.3, -0.25) is 10.1 Å². The third-order valence-corrected chi connectivity index (χ3v) is 4.92. The number of nitro benzene ring substituents is 1. The molecule has 0 aliphatic rings. The number of hydrogen-bond acceptors (Lipinski definition) is 7. The van der Waals surface area contributed by atoms with E-state index in [4.69, 9.17) is 9.26 Å². The first-order chi connectivity index (χ1) is 15.1. The van der Waals surface area contributed by atoms with E-state index in [1.807, 2.05) is 55.5 Å². The number of aryl methyl sites for hydroxylation is 1. The van der Waals surface area contributed by atoms with Gasteiger partial charge in [0.05, 0.1) is 12.0 Å². The van der Waals surface area contributed by atoms with Crippen LogP contribution in [0.1, 0.15) is 11.1 Å². The van der Waals surface area contributed by atoms with Gasteiger partial charge in [-0.15, -0.1) is 0 Å². The molecule has 1 aromatic heterocycles. The Morgan fingerprint density at radius 3 is 2.65 bits per heavy atom. The van der Waals surface area contributed by atoms with Gasteiger partial charge < -0.3 is 14.6 Å². The molecule has 1 heterocycles. The fraction of sp³-hybridized carbons (Fsp3) is 0.130. The molecule has 0 saturated heterocycles. The lowest BCUT2D eigenvalue weighted by Crippen LogP contribution is -2.04. The van der Waals surface area contributed by atoms with E-state index < -0.39 is 4.92 Å². The highest BCUT2D eigenvalue weighted by molar-refractivity contribution is 5.71. The zero-order chi connectivity index (χ0) is 21.8. The standard InChI is InChI=1S/C23H20N4O4/c1-15-7-3-5-9-18(15)22-25-23(31-26-22)16-11-12-19(20(13-16)27(28)29)24-14-17-8-4-6-10-21(17)30-2/h3-13,24H,14H2,1-2H3. The Morgan fingerprint density at radius 1 is 1.10 bits per heavy atom. The lowest BCUT2D eigenvalue weighted by atomic mass is 10.1. The molecule has 0 radical (unpaired) electrons. The summed E-state index contributed by atoms with van der Waals surface area (Å²) >= 11 is 0. The van der Waals surface area contributed by atoms with Crippen LogP contribution in [0.25, 0.3) is 22.8 Å². The summed E-state index contributed by atoms with van der Waals surface area (Å²) in [4.78, 5) is 15.7. The highest BCUT2D eigenvalue weighted by Crippen LogP contribution is 2.32. The van der Waals surface area contributed by atoms with E-state index in [0.29, 0.717) is 29.4 Å². The largest absolute Gasteiger partial charge is 0.496 e. The number of methoxy groups -OCH3 is 1. The first-order valence-corrected chi connectivity index (χ1v) is 9.61. The molecule has 0 spiro atoms. The van der Waals surface area contributed by atoms with Crippen LogP contribution >= 0.6 is 0 Å². The van der Waals surface area contributed by atoms with Gasteiger partial charge in [-0.2, -0.15) is 4.98 Å². The Bertz CT molecular complexity index is 1240. The molecule has 31 heavy (non-hydrogen) atoms. The Kier molecular flexibility index (Phi) is 5.61. The van der Waals surface area contributed by atoms with Crippen LogP contribution in [0.5, 0.6) is 5.75 Å². The fourth-order valence-corrected chi connectivity index (χ4v) is 3.28. The fourth-order valence-electron chi connectivity index (χ4n) is 3.28. The zero-order valence-corrected chi connectivity index (χ0v) is 17.0. The minimum atomic E-state index is -0.438. The quantitative estimate of drug-likeness (QED) is 0.324. The van der Waals surface area contributed by atoms with Crippen LogP contribution in [0.2, 0.25) is 0 Å². The first-order valence-electron chi connectivity index (χ1n) is 9.61. The Labute approximate surface area is 178 Å². The molecule has 8 heteroatoms. The molecule has 0 aliphatic heterocycles. The maximum Gasteiger partial charge on any atom is 0.293 e. The summed E-state index contributed by atoms with van der Waals surface area (Å²) in [6.45, 7) is 2.33. The van der Waals surface area contributed by atoms with Crippen molar-refractivity contribution in [3.8, 4) is 28.6 Å². The second-order valence-electron chi connectivity index (χ2n) is 6.89. The van der Waals surface area contributed by atoms with Gasteiger partial charge in [-0.1, -0.05) is 47.6 Å². The molecule has 0 atom stereocenters. The molecule has 0 amide bonds. The number of para-hydroxylation sites is 1. The molecular weight excluding hydrogens is 396 g/mol. The average Bonchev–Trinajstić information content (AvgIpc) is 3.28. The van der Waals surface area contributed by atoms with Crippen LogP contribution in [0, 0.1) is 17.0 Å². The van der Waals surface area contributed by atoms with Gasteiger partial charge in [0.1, 0.15) is 11.4 Å². The SMILES string of the molecule is COc1ccccc1CNc1ccc(-c2nc(-c3ccccc3C)no2)cc1[N+](=O)[O-]. The second-order valence-corrected chi connectivity index (χ2v) is 6.89. The van der Waals surface area contributed by atoms with Crippen LogP contribution in [0.4, 0.5) is 11.4 Å². The van der Waals surface area contributed by atoms with Gasteiger partial charge in [-0.25, -0.2) is 0 Å². The van der Waals surface area contributed by atoms with Crippen LogP contribution in [-0.4, -0.2) is 22.2 Å². The highest BCUT2D eigenvalue weighted by atomic mass is 16.6. The predicted molar refractivity (Wildman–Crippen MR) is 117 cm³/mol. The van der Waals surface area contributed by atoms with Crippen molar-refractivity contribution in [3.63, 3.8) is 0 Å². The molecule has 8 nitrogen and oxygen atoms in total. The topological polar surface area (TPSA) is 103 Å². The first kappa shape index (κ1) is 20.1. The van der Waals surface area contributed by atoms with E-state index in [-0.39, 0.29) is 11.6 Å². The smallest absolute Gasteiger partial charge is 0.293 e. The molecule has 0 aliphatic carbocycles. The average molecular weight is 416 g/mol. The molecule has 4 aromatic rings. The summed E-state index contributed by atoms with van der Waals surface area (Å²) in [6, 6.07) is 20.0. The lowest BCUT2D eigenvalue weighted by molar-refractivity contribution is -0.383. The van der Waals surface area contributed by atoms with Crippen molar-refractivity contribution in [2.45, 2.75) is 13.5 Å². The van der Waals surface area contributed by atoms with Gasteiger partial charge in [0.2, 0.25) is 5.82 Å². The summed E-state index contributed by atoms with van der Waals surface area (Å²) in [5.41, 5.74) is 3.53. The van der Waals surface area contributed by atoms with Crippen LogP contribution in [0.15, 0.2) is 71.3 Å². The number of aromatic nitrogens is 2. The van der Waals surface area contributed by atoms with Crippen molar-refractivity contribution in [3.05, 3.63) is 88.0 Å². The van der Waals surface area contributed by atoms with Crippen LogP contribution in [0.3, 0.4) is 0 Å². The van der Waals surface area contributed by atoms with E-state index in [1.165, 1.54) is 6.07 Å². The van der Waals surface area contributed by atoms with Crippen molar-refractivity contribution >= 4 is 11.4 Å². The zero-order valence-electron chi connectivity index (χ0n) is 17.0. The van der Waals surface area contributed by atoms with Crippen molar-refractivity contribution < 1.29 is 14.2 Å². The molecular formula is C23H20N4O4. The number of hydrogen-bond donors (Lipinski definition) is 1. The number of benzene rings is 3. The Hall–Kier alpha value is -4.20. The minimum Gasteiger partial charge on any atom is -0.496 e. The van der Waals surface area contributed by atoms with Crippen molar-refractivity contribution in [2.75, 3.05) is 12.4 Å². The summed E-state index contributed by atoms with van der Waals surface area (Å²) in [7, 11) is 1.59. The van der Waals surface area contributed by atoms with Gasteiger partial charge >= 0.3 is 0 Å². The molecule has 0 saturated carbocycles. The number of rotatable bonds is 7. The van der Waals surface area contributed by atoms with Crippen molar-refractivity contribution in [1.82, 2.24) is 10.1 Å². The van der Waals surface area contributed by atoms with Gasteiger partial charge in [-0.05, 0) is 30.7 Å². The Morgan fingerprint density at radius 2 is 1.87 bits per heavy atom. The number of anilines is 1. The monoisotopic (exact) mass is 416 g/mol. The Balaban J connectivity index is 1.61. The summed E-state index contributed by atoms with van der Waals surface area (Å²) in [5.74, 6) is 1.37. The van der Waals surface area contributed by atoms with E-state index in [9.17, 15) is 10.1 Å². The lowest BCUT2D eigenvalue weighted by Gasteiger charge is -2.11. The van der Waals surface area contributed by atoms with Gasteiger partial charge in [0, 0.05) is 29.3 Å². The number of ether oxygens (including phenoxy) is 1.